The monoisotopic (exact) mass is 400 g/mol. The molecule has 1 aliphatic rings. The number of amides is 1. The van der Waals surface area contributed by atoms with E-state index >= 15 is 0 Å². The summed E-state index contributed by atoms with van der Waals surface area (Å²) >= 11 is 0. The molecule has 0 aromatic heterocycles. The van der Waals surface area contributed by atoms with Gasteiger partial charge in [0.25, 0.3) is 0 Å². The lowest BCUT2D eigenvalue weighted by Crippen LogP contribution is -2.37. The molecule has 2 rings (SSSR count). The number of hydrogen-bond donors (Lipinski definition) is 2. The molecule has 7 heteroatoms. The van der Waals surface area contributed by atoms with Crippen molar-refractivity contribution in [3.8, 4) is 11.5 Å². The van der Waals surface area contributed by atoms with Crippen LogP contribution in [0.5, 0.6) is 11.5 Å². The fraction of sp³-hybridized carbons (Fsp3) is 0.650. The van der Waals surface area contributed by atoms with Crippen molar-refractivity contribution in [2.75, 3.05) is 19.8 Å². The minimum atomic E-state index is -0.408. The highest BCUT2D eigenvalue weighted by atomic mass is 35.5. The van der Waals surface area contributed by atoms with Gasteiger partial charge in [-0.25, -0.2) is 0 Å². The summed E-state index contributed by atoms with van der Waals surface area (Å²) in [4.78, 5) is 12.4. The number of ether oxygens (including phenoxy) is 3. The van der Waals surface area contributed by atoms with Gasteiger partial charge in [0.15, 0.2) is 11.5 Å². The molecule has 1 aliphatic heterocycles. The molecular formula is C20H33ClN2O4. The van der Waals surface area contributed by atoms with Crippen LogP contribution in [-0.4, -0.2) is 37.9 Å². The van der Waals surface area contributed by atoms with Crippen LogP contribution in [-0.2, 0) is 9.53 Å². The molecule has 154 valence electrons. The highest BCUT2D eigenvalue weighted by Crippen LogP contribution is 2.31. The Bertz CT molecular complexity index is 585. The highest BCUT2D eigenvalue weighted by molar-refractivity contribution is 5.85. The van der Waals surface area contributed by atoms with E-state index in [-0.39, 0.29) is 30.5 Å². The Hall–Kier alpha value is -1.50. The number of benzene rings is 1. The van der Waals surface area contributed by atoms with Crippen molar-refractivity contribution in [2.45, 2.75) is 64.7 Å². The van der Waals surface area contributed by atoms with Crippen molar-refractivity contribution < 1.29 is 19.0 Å². The first kappa shape index (κ1) is 23.5. The number of hydrogen-bond acceptors (Lipinski definition) is 5. The van der Waals surface area contributed by atoms with Gasteiger partial charge in [0.2, 0.25) is 5.91 Å². The van der Waals surface area contributed by atoms with E-state index in [0.717, 1.165) is 42.7 Å². The Kier molecular flexibility index (Phi) is 10.5. The van der Waals surface area contributed by atoms with Gasteiger partial charge in [0.05, 0.1) is 25.4 Å². The molecule has 6 nitrogen and oxygen atoms in total. The number of halogens is 1. The number of carbonyl (C=O) groups excluding carboxylic acids is 1. The van der Waals surface area contributed by atoms with Gasteiger partial charge < -0.3 is 25.3 Å². The van der Waals surface area contributed by atoms with Gasteiger partial charge in [-0.3, -0.25) is 4.79 Å². The molecule has 27 heavy (non-hydrogen) atoms. The third-order valence-corrected chi connectivity index (χ3v) is 4.41. The van der Waals surface area contributed by atoms with Gasteiger partial charge in [0.1, 0.15) is 6.10 Å². The summed E-state index contributed by atoms with van der Waals surface area (Å²) in [5.74, 6) is 1.38. The molecule has 1 heterocycles. The lowest BCUT2D eigenvalue weighted by atomic mass is 10.1. The molecule has 3 atom stereocenters. The maximum absolute atomic E-state index is 12.4. The average molecular weight is 401 g/mol. The molecule has 1 aromatic carbocycles. The standard InChI is InChI=1S/C20H32N2O4.ClH/c1-4-10-24-17-8-6-15(12-19(17)25-11-5-2)14(3)22-20(23)18-9-7-16(13-21)26-18;/h6,8,12,14,16,18H,4-5,7,9-11,13,21H2,1-3H3,(H,22,23);1H/t14?,16-,18+;/m1./s1. The minimum Gasteiger partial charge on any atom is -0.490 e. The quantitative estimate of drug-likeness (QED) is 0.629. The molecule has 0 aliphatic carbocycles. The number of carbonyl (C=O) groups is 1. The zero-order valence-corrected chi connectivity index (χ0v) is 17.3. The van der Waals surface area contributed by atoms with Gasteiger partial charge in [0, 0.05) is 6.54 Å². The van der Waals surface area contributed by atoms with Gasteiger partial charge >= 0.3 is 0 Å². The second-order valence-corrected chi connectivity index (χ2v) is 6.69. The first-order valence-corrected chi connectivity index (χ1v) is 9.64. The molecular weight excluding hydrogens is 368 g/mol. The van der Waals surface area contributed by atoms with Gasteiger partial charge in [-0.2, -0.15) is 0 Å². The summed E-state index contributed by atoms with van der Waals surface area (Å²) in [6.07, 6.45) is 2.99. The second-order valence-electron chi connectivity index (χ2n) is 6.69. The summed E-state index contributed by atoms with van der Waals surface area (Å²) < 4.78 is 17.3. The van der Waals surface area contributed by atoms with Crippen LogP contribution in [0.15, 0.2) is 18.2 Å². The van der Waals surface area contributed by atoms with E-state index in [4.69, 9.17) is 19.9 Å². The normalized spacial score (nSPS) is 19.9. The van der Waals surface area contributed by atoms with E-state index in [1.54, 1.807) is 0 Å². The van der Waals surface area contributed by atoms with Crippen molar-refractivity contribution in [3.05, 3.63) is 23.8 Å². The third kappa shape index (κ3) is 6.87. The van der Waals surface area contributed by atoms with E-state index in [0.29, 0.717) is 19.8 Å². The molecule has 0 radical (unpaired) electrons. The summed E-state index contributed by atoms with van der Waals surface area (Å²) in [7, 11) is 0. The zero-order valence-electron chi connectivity index (χ0n) is 16.5. The van der Waals surface area contributed by atoms with Crippen LogP contribution in [0.2, 0.25) is 0 Å². The molecule has 0 spiro atoms. The lowest BCUT2D eigenvalue weighted by Gasteiger charge is -2.20. The highest BCUT2D eigenvalue weighted by Gasteiger charge is 2.30. The maximum atomic E-state index is 12.4. The molecule has 3 N–H and O–H groups in total. The summed E-state index contributed by atoms with van der Waals surface area (Å²) in [6.45, 7) is 7.82. The van der Waals surface area contributed by atoms with E-state index < -0.39 is 6.10 Å². The Morgan fingerprint density at radius 3 is 2.48 bits per heavy atom. The molecule has 1 saturated heterocycles. The maximum Gasteiger partial charge on any atom is 0.249 e. The lowest BCUT2D eigenvalue weighted by molar-refractivity contribution is -0.132. The van der Waals surface area contributed by atoms with Crippen LogP contribution in [0.1, 0.15) is 58.1 Å². The van der Waals surface area contributed by atoms with Gasteiger partial charge in [-0.1, -0.05) is 19.9 Å². The number of rotatable bonds is 10. The summed E-state index contributed by atoms with van der Waals surface area (Å²) in [5, 5.41) is 3.03. The second kappa shape index (κ2) is 12.1. The molecule has 1 unspecified atom stereocenters. The summed E-state index contributed by atoms with van der Waals surface area (Å²) in [6, 6.07) is 5.68. The fourth-order valence-electron chi connectivity index (χ4n) is 2.91. The number of nitrogens with one attached hydrogen (secondary N) is 1. The third-order valence-electron chi connectivity index (χ3n) is 4.41. The van der Waals surface area contributed by atoms with Crippen LogP contribution < -0.4 is 20.5 Å². The van der Waals surface area contributed by atoms with Crippen LogP contribution in [0.3, 0.4) is 0 Å². The molecule has 1 aromatic rings. The topological polar surface area (TPSA) is 82.8 Å². The SMILES string of the molecule is CCCOc1ccc(C(C)NC(=O)[C@@H]2CC[C@H](CN)O2)cc1OCCC.Cl. The van der Waals surface area contributed by atoms with Gasteiger partial charge in [-0.15, -0.1) is 12.4 Å². The first-order chi connectivity index (χ1) is 12.6. The number of nitrogens with two attached hydrogens (primary N) is 1. The van der Waals surface area contributed by atoms with Crippen LogP contribution in [0.25, 0.3) is 0 Å². The van der Waals surface area contributed by atoms with Crippen molar-refractivity contribution >= 4 is 18.3 Å². The van der Waals surface area contributed by atoms with Crippen LogP contribution >= 0.6 is 12.4 Å². The average Bonchev–Trinajstić information content (AvgIpc) is 3.14. The molecule has 1 amide bonds. The van der Waals surface area contributed by atoms with Crippen LogP contribution in [0.4, 0.5) is 0 Å². The van der Waals surface area contributed by atoms with Crippen molar-refractivity contribution in [1.82, 2.24) is 5.32 Å². The van der Waals surface area contributed by atoms with E-state index in [2.05, 4.69) is 19.2 Å². The Labute approximate surface area is 168 Å². The zero-order chi connectivity index (χ0) is 18.9. The Morgan fingerprint density at radius 1 is 1.22 bits per heavy atom. The molecule has 1 fully saturated rings. The minimum absolute atomic E-state index is 0. The van der Waals surface area contributed by atoms with Crippen molar-refractivity contribution in [1.29, 1.82) is 0 Å². The smallest absolute Gasteiger partial charge is 0.249 e. The predicted octanol–water partition coefficient (Wildman–Crippen LogP) is 3.37. The predicted molar refractivity (Wildman–Crippen MR) is 109 cm³/mol. The van der Waals surface area contributed by atoms with Gasteiger partial charge in [-0.05, 0) is 50.3 Å². The summed E-state index contributed by atoms with van der Waals surface area (Å²) in [5.41, 5.74) is 6.59. The first-order valence-electron chi connectivity index (χ1n) is 9.64. The Morgan fingerprint density at radius 2 is 1.89 bits per heavy atom. The largest absolute Gasteiger partial charge is 0.490 e. The Balaban J connectivity index is 0.00000364. The van der Waals surface area contributed by atoms with E-state index in [9.17, 15) is 4.79 Å². The molecule has 0 saturated carbocycles. The van der Waals surface area contributed by atoms with Crippen LogP contribution in [0, 0.1) is 0 Å². The van der Waals surface area contributed by atoms with Crippen molar-refractivity contribution in [3.63, 3.8) is 0 Å². The van der Waals surface area contributed by atoms with Crippen molar-refractivity contribution in [2.24, 2.45) is 5.73 Å². The fourth-order valence-corrected chi connectivity index (χ4v) is 2.91. The van der Waals surface area contributed by atoms with E-state index in [1.807, 2.05) is 25.1 Å². The molecule has 0 bridgehead atoms. The van der Waals surface area contributed by atoms with E-state index in [1.165, 1.54) is 0 Å².